The molecule has 3 amide bonds. The first-order valence-electron chi connectivity index (χ1n) is 13.7. The van der Waals surface area contributed by atoms with Crippen molar-refractivity contribution in [1.29, 1.82) is 0 Å². The molecular weight excluding hydrogens is 480 g/mol. The molecule has 0 saturated carbocycles. The van der Waals surface area contributed by atoms with Crippen molar-refractivity contribution in [3.8, 4) is 0 Å². The molecule has 3 rings (SSSR count). The van der Waals surface area contributed by atoms with Gasteiger partial charge < -0.3 is 21.1 Å². The summed E-state index contributed by atoms with van der Waals surface area (Å²) in [5.74, 6) is -1.04. The van der Waals surface area contributed by atoms with Gasteiger partial charge in [-0.25, -0.2) is 0 Å². The van der Waals surface area contributed by atoms with E-state index < -0.39 is 23.1 Å². The van der Waals surface area contributed by atoms with Gasteiger partial charge in [0.2, 0.25) is 17.7 Å². The van der Waals surface area contributed by atoms with Crippen LogP contribution in [0.25, 0.3) is 10.8 Å². The van der Waals surface area contributed by atoms with Crippen LogP contribution in [0.4, 0.5) is 0 Å². The second kappa shape index (κ2) is 12.8. The van der Waals surface area contributed by atoms with Gasteiger partial charge in [0, 0.05) is 24.9 Å². The van der Waals surface area contributed by atoms with E-state index in [9.17, 15) is 19.5 Å². The van der Waals surface area contributed by atoms with Crippen molar-refractivity contribution < 1.29 is 19.5 Å². The third-order valence-corrected chi connectivity index (χ3v) is 6.70. The number of rotatable bonds is 11. The summed E-state index contributed by atoms with van der Waals surface area (Å²) >= 11 is 0. The van der Waals surface area contributed by atoms with Crippen molar-refractivity contribution in [2.45, 2.75) is 78.0 Å². The zero-order chi connectivity index (χ0) is 27.9. The third kappa shape index (κ3) is 8.35. The van der Waals surface area contributed by atoms with Crippen LogP contribution in [0.3, 0.4) is 0 Å². The van der Waals surface area contributed by atoms with E-state index in [1.807, 2.05) is 42.5 Å². The lowest BCUT2D eigenvalue weighted by Crippen LogP contribution is -2.59. The van der Waals surface area contributed by atoms with E-state index in [0.29, 0.717) is 39.0 Å². The van der Waals surface area contributed by atoms with Crippen LogP contribution in [0.15, 0.2) is 42.5 Å². The molecule has 8 nitrogen and oxygen atoms in total. The third-order valence-electron chi connectivity index (χ3n) is 6.70. The molecule has 0 unspecified atom stereocenters. The highest BCUT2D eigenvalue weighted by atomic mass is 16.3. The molecule has 2 atom stereocenters. The molecule has 8 heteroatoms. The van der Waals surface area contributed by atoms with Gasteiger partial charge in [-0.1, -0.05) is 63.2 Å². The maximum Gasteiger partial charge on any atom is 0.247 e. The van der Waals surface area contributed by atoms with Crippen LogP contribution in [-0.4, -0.2) is 71.6 Å². The molecular formula is C30H44N4O4. The molecule has 0 aliphatic carbocycles. The zero-order valence-electron chi connectivity index (χ0n) is 23.5. The molecule has 0 aromatic heterocycles. The molecule has 1 saturated heterocycles. The first-order chi connectivity index (χ1) is 17.9. The molecule has 4 N–H and O–H groups in total. The minimum Gasteiger partial charge on any atom is -0.389 e. The van der Waals surface area contributed by atoms with Gasteiger partial charge in [-0.3, -0.25) is 19.3 Å². The van der Waals surface area contributed by atoms with Crippen LogP contribution in [-0.2, 0) is 20.8 Å². The summed E-state index contributed by atoms with van der Waals surface area (Å²) in [5.41, 5.74) is -0.761. The summed E-state index contributed by atoms with van der Waals surface area (Å²) < 4.78 is 0. The van der Waals surface area contributed by atoms with Crippen molar-refractivity contribution in [3.63, 3.8) is 0 Å². The summed E-state index contributed by atoms with van der Waals surface area (Å²) in [6.45, 7) is 11.0. The van der Waals surface area contributed by atoms with Crippen molar-refractivity contribution >= 4 is 28.5 Å². The van der Waals surface area contributed by atoms with Gasteiger partial charge in [0.25, 0.3) is 0 Å². The van der Waals surface area contributed by atoms with Crippen molar-refractivity contribution in [2.75, 3.05) is 26.2 Å². The maximum absolute atomic E-state index is 13.7. The predicted molar refractivity (Wildman–Crippen MR) is 151 cm³/mol. The van der Waals surface area contributed by atoms with E-state index in [4.69, 9.17) is 0 Å². The van der Waals surface area contributed by atoms with Gasteiger partial charge in [-0.2, -0.15) is 0 Å². The number of fused-ring (bicyclic) bond motifs is 1. The maximum atomic E-state index is 13.7. The Kier molecular flexibility index (Phi) is 10.0. The average Bonchev–Trinajstić information content (AvgIpc) is 3.39. The van der Waals surface area contributed by atoms with Gasteiger partial charge >= 0.3 is 0 Å². The van der Waals surface area contributed by atoms with Gasteiger partial charge in [0.05, 0.1) is 11.6 Å². The minimum absolute atomic E-state index is 0.230. The summed E-state index contributed by atoms with van der Waals surface area (Å²) in [5, 5.41) is 21.3. The standard InChI is InChI=1S/C30H44N4O4/c1-29(2,3)28(37)34(27(36)24-12-8-16-32-24)25(26(35)33-17-9-15-31-20-30(4,5)38)19-21-13-14-22-10-6-7-11-23(22)18-21/h6-7,10-11,13-14,18,24-25,31-32,38H,8-9,12,15-17,19-20H2,1-5H3,(H,33,35)/t24-,25+/m0/s1. The molecule has 0 spiro atoms. The fourth-order valence-electron chi connectivity index (χ4n) is 4.65. The molecule has 2 aromatic rings. The van der Waals surface area contributed by atoms with Crippen LogP contribution in [0.5, 0.6) is 0 Å². The molecule has 1 aliphatic heterocycles. The Hall–Kier alpha value is -2.81. The van der Waals surface area contributed by atoms with Crippen LogP contribution in [0.2, 0.25) is 0 Å². The van der Waals surface area contributed by atoms with E-state index in [0.717, 1.165) is 22.8 Å². The Balaban J connectivity index is 1.85. The highest BCUT2D eigenvalue weighted by Gasteiger charge is 2.42. The zero-order valence-corrected chi connectivity index (χ0v) is 23.5. The molecule has 38 heavy (non-hydrogen) atoms. The van der Waals surface area contributed by atoms with E-state index in [1.54, 1.807) is 34.6 Å². The Labute approximate surface area is 226 Å². The molecule has 0 bridgehead atoms. The molecule has 1 heterocycles. The number of amides is 3. The Morgan fingerprint density at radius 2 is 1.76 bits per heavy atom. The SMILES string of the molecule is CC(C)(O)CNCCCNC(=O)[C@@H](Cc1ccc2ccccc2c1)N(C(=O)[C@@H]1CCCN1)C(=O)C(C)(C)C. The predicted octanol–water partition coefficient (Wildman–Crippen LogP) is 2.77. The molecule has 208 valence electrons. The highest BCUT2D eigenvalue weighted by Crippen LogP contribution is 2.25. The van der Waals surface area contributed by atoms with Gasteiger partial charge in [-0.15, -0.1) is 0 Å². The number of benzene rings is 2. The smallest absolute Gasteiger partial charge is 0.247 e. The Morgan fingerprint density at radius 3 is 2.39 bits per heavy atom. The second-order valence-electron chi connectivity index (χ2n) is 11.9. The van der Waals surface area contributed by atoms with E-state index in [2.05, 4.69) is 16.0 Å². The number of hydrogen-bond donors (Lipinski definition) is 4. The lowest BCUT2D eigenvalue weighted by atomic mass is 9.91. The monoisotopic (exact) mass is 524 g/mol. The van der Waals surface area contributed by atoms with E-state index in [-0.39, 0.29) is 24.1 Å². The Bertz CT molecular complexity index is 1110. The highest BCUT2D eigenvalue weighted by molar-refractivity contribution is 6.04. The number of hydrogen-bond acceptors (Lipinski definition) is 6. The number of carbonyl (C=O) groups is 3. The number of nitrogens with zero attached hydrogens (tertiary/aromatic N) is 1. The lowest BCUT2D eigenvalue weighted by Gasteiger charge is -2.35. The fraction of sp³-hybridized carbons (Fsp3) is 0.567. The van der Waals surface area contributed by atoms with Gasteiger partial charge in [0.15, 0.2) is 0 Å². The largest absolute Gasteiger partial charge is 0.389 e. The van der Waals surface area contributed by atoms with Crippen LogP contribution < -0.4 is 16.0 Å². The number of carbonyl (C=O) groups excluding carboxylic acids is 3. The molecule has 2 aromatic carbocycles. The summed E-state index contributed by atoms with van der Waals surface area (Å²) in [6.07, 6.45) is 2.38. The lowest BCUT2D eigenvalue weighted by molar-refractivity contribution is -0.157. The van der Waals surface area contributed by atoms with Gasteiger partial charge in [0.1, 0.15) is 6.04 Å². The fourth-order valence-corrected chi connectivity index (χ4v) is 4.65. The molecule has 1 fully saturated rings. The topological polar surface area (TPSA) is 111 Å². The average molecular weight is 525 g/mol. The number of imide groups is 1. The summed E-state index contributed by atoms with van der Waals surface area (Å²) in [6, 6.07) is 12.5. The van der Waals surface area contributed by atoms with E-state index in [1.165, 1.54) is 4.90 Å². The second-order valence-corrected chi connectivity index (χ2v) is 11.9. The first kappa shape index (κ1) is 29.7. The van der Waals surface area contributed by atoms with Gasteiger partial charge in [-0.05, 0) is 62.5 Å². The molecule has 1 aliphatic rings. The first-order valence-corrected chi connectivity index (χ1v) is 13.7. The minimum atomic E-state index is -0.970. The van der Waals surface area contributed by atoms with Crippen LogP contribution in [0.1, 0.15) is 59.4 Å². The van der Waals surface area contributed by atoms with Crippen LogP contribution >= 0.6 is 0 Å². The normalized spacial score (nSPS) is 16.8. The summed E-state index contributed by atoms with van der Waals surface area (Å²) in [4.78, 5) is 42.3. The number of nitrogens with one attached hydrogen (secondary N) is 3. The molecule has 0 radical (unpaired) electrons. The Morgan fingerprint density at radius 1 is 1.05 bits per heavy atom. The summed E-state index contributed by atoms with van der Waals surface area (Å²) in [7, 11) is 0. The van der Waals surface area contributed by atoms with Crippen molar-refractivity contribution in [2.24, 2.45) is 5.41 Å². The van der Waals surface area contributed by atoms with E-state index >= 15 is 0 Å². The number of aliphatic hydroxyl groups is 1. The van der Waals surface area contributed by atoms with Crippen LogP contribution in [0, 0.1) is 5.41 Å². The quantitative estimate of drug-likeness (QED) is 0.337. The van der Waals surface area contributed by atoms with Crippen molar-refractivity contribution in [1.82, 2.24) is 20.9 Å². The van der Waals surface area contributed by atoms with Crippen molar-refractivity contribution in [3.05, 3.63) is 48.0 Å².